The van der Waals surface area contributed by atoms with Gasteiger partial charge in [-0.2, -0.15) is 5.10 Å². The first-order valence-electron chi connectivity index (χ1n) is 9.74. The van der Waals surface area contributed by atoms with Crippen LogP contribution in [0.15, 0.2) is 66.4 Å². The van der Waals surface area contributed by atoms with E-state index in [0.29, 0.717) is 16.8 Å². The van der Waals surface area contributed by atoms with E-state index in [4.69, 9.17) is 0 Å². The highest BCUT2D eigenvalue weighted by Crippen LogP contribution is 2.31. The number of anilines is 1. The van der Waals surface area contributed by atoms with Crippen LogP contribution in [0.1, 0.15) is 30.5 Å². The predicted octanol–water partition coefficient (Wildman–Crippen LogP) is 3.90. The topological polar surface area (TPSA) is 86.9 Å². The number of aromatic amines is 1. The van der Waals surface area contributed by atoms with E-state index in [2.05, 4.69) is 20.8 Å². The van der Waals surface area contributed by atoms with Gasteiger partial charge in [-0.25, -0.2) is 4.39 Å². The molecule has 0 saturated heterocycles. The number of nitrogens with one attached hydrogen (secondary N) is 3. The number of carbonyl (C=O) groups excluding carboxylic acids is 2. The number of halogens is 1. The average molecular weight is 404 g/mol. The molecule has 1 aliphatic rings. The summed E-state index contributed by atoms with van der Waals surface area (Å²) >= 11 is 0. The number of rotatable bonds is 5. The van der Waals surface area contributed by atoms with E-state index in [9.17, 15) is 14.0 Å². The Labute approximate surface area is 173 Å². The number of aromatic nitrogens is 2. The molecular weight excluding hydrogens is 383 g/mol. The highest BCUT2D eigenvalue weighted by Gasteiger charge is 2.29. The van der Waals surface area contributed by atoms with E-state index in [0.717, 1.165) is 23.4 Å². The molecule has 30 heavy (non-hydrogen) atoms. The summed E-state index contributed by atoms with van der Waals surface area (Å²) < 4.78 is 13.3. The van der Waals surface area contributed by atoms with E-state index in [1.165, 1.54) is 18.3 Å². The van der Waals surface area contributed by atoms with Gasteiger partial charge in [-0.05, 0) is 42.3 Å². The summed E-state index contributed by atoms with van der Waals surface area (Å²) in [5.41, 5.74) is 4.46. The summed E-state index contributed by atoms with van der Waals surface area (Å²) in [5.74, 6) is -1.32. The molecule has 1 aromatic heterocycles. The first-order valence-corrected chi connectivity index (χ1v) is 9.74. The molecule has 3 N–H and O–H groups in total. The highest BCUT2D eigenvalue weighted by atomic mass is 19.1. The Hall–Kier alpha value is -3.74. The lowest BCUT2D eigenvalue weighted by atomic mass is 9.86. The molecule has 6 nitrogen and oxygen atoms in total. The molecule has 2 heterocycles. The Bertz CT molecular complexity index is 1120. The Morgan fingerprint density at radius 3 is 2.73 bits per heavy atom. The summed E-state index contributed by atoms with van der Waals surface area (Å²) in [6.07, 6.45) is 2.41. The molecule has 0 aliphatic carbocycles. The molecule has 1 atom stereocenters. The minimum absolute atomic E-state index is 0.123. The van der Waals surface area contributed by atoms with Gasteiger partial charge in [0.2, 0.25) is 5.91 Å². The third-order valence-electron chi connectivity index (χ3n) is 5.12. The van der Waals surface area contributed by atoms with E-state index < -0.39 is 5.92 Å². The Balaban J connectivity index is 1.57. The minimum Gasteiger partial charge on any atom is -0.332 e. The van der Waals surface area contributed by atoms with Crippen LogP contribution in [0.2, 0.25) is 0 Å². The van der Waals surface area contributed by atoms with Gasteiger partial charge in [-0.1, -0.05) is 31.2 Å². The summed E-state index contributed by atoms with van der Waals surface area (Å²) in [4.78, 5) is 24.9. The first kappa shape index (κ1) is 19.6. The van der Waals surface area contributed by atoms with Crippen LogP contribution < -0.4 is 10.6 Å². The summed E-state index contributed by atoms with van der Waals surface area (Å²) in [7, 11) is 0. The van der Waals surface area contributed by atoms with E-state index >= 15 is 0 Å². The summed E-state index contributed by atoms with van der Waals surface area (Å²) in [6.45, 7) is 2.04. The molecular formula is C23H21FN4O2. The van der Waals surface area contributed by atoms with Crippen molar-refractivity contribution in [2.75, 3.05) is 5.32 Å². The van der Waals surface area contributed by atoms with Crippen LogP contribution in [0.3, 0.4) is 0 Å². The van der Waals surface area contributed by atoms with Gasteiger partial charge in [-0.15, -0.1) is 0 Å². The van der Waals surface area contributed by atoms with Gasteiger partial charge in [0.25, 0.3) is 5.91 Å². The zero-order chi connectivity index (χ0) is 21.1. The number of nitrogens with zero attached hydrogens (tertiary/aromatic N) is 1. The number of H-pyrrole nitrogens is 1. The average Bonchev–Trinajstić information content (AvgIpc) is 3.24. The standard InChI is InChI=1S/C23H21FN4O2/c1-2-17-11-21(28-27-17)15-4-3-5-18(10-15)26-23(30)20-13-25-22(29)12-19(20)14-6-8-16(24)9-7-14/h3-11,13,19H,2,12H2,1H3,(H,25,29)(H,26,30)(H,27,28)/t19-/m0/s1. The second kappa shape index (κ2) is 8.32. The van der Waals surface area contributed by atoms with Gasteiger partial charge < -0.3 is 10.6 Å². The smallest absolute Gasteiger partial charge is 0.253 e. The van der Waals surface area contributed by atoms with Crippen molar-refractivity contribution >= 4 is 17.5 Å². The lowest BCUT2D eigenvalue weighted by Gasteiger charge is -2.24. The van der Waals surface area contributed by atoms with Crippen LogP contribution in [-0.2, 0) is 16.0 Å². The third kappa shape index (κ3) is 4.15. The normalized spacial score (nSPS) is 16.0. The third-order valence-corrected chi connectivity index (χ3v) is 5.12. The quantitative estimate of drug-likeness (QED) is 0.603. The van der Waals surface area contributed by atoms with Crippen molar-refractivity contribution in [2.45, 2.75) is 25.7 Å². The van der Waals surface area contributed by atoms with Crippen LogP contribution in [0.5, 0.6) is 0 Å². The monoisotopic (exact) mass is 404 g/mol. The van der Waals surface area contributed by atoms with Crippen LogP contribution >= 0.6 is 0 Å². The summed E-state index contributed by atoms with van der Waals surface area (Å²) in [6, 6.07) is 15.3. The predicted molar refractivity (Wildman–Crippen MR) is 112 cm³/mol. The Kier molecular flexibility index (Phi) is 5.43. The summed E-state index contributed by atoms with van der Waals surface area (Å²) in [5, 5.41) is 12.8. The fraction of sp³-hybridized carbons (Fsp3) is 0.174. The number of hydrogen-bond acceptors (Lipinski definition) is 3. The molecule has 0 unspecified atom stereocenters. The van der Waals surface area contributed by atoms with Crippen molar-refractivity contribution in [1.29, 1.82) is 0 Å². The first-order chi connectivity index (χ1) is 14.5. The molecule has 3 aromatic rings. The molecule has 0 saturated carbocycles. The van der Waals surface area contributed by atoms with E-state index in [1.807, 2.05) is 31.2 Å². The number of amides is 2. The Morgan fingerprint density at radius 1 is 1.20 bits per heavy atom. The minimum atomic E-state index is -0.444. The number of benzene rings is 2. The van der Waals surface area contributed by atoms with Gasteiger partial charge in [-0.3, -0.25) is 14.7 Å². The molecule has 0 fully saturated rings. The highest BCUT2D eigenvalue weighted by molar-refractivity contribution is 6.06. The van der Waals surface area contributed by atoms with Gasteiger partial charge >= 0.3 is 0 Å². The maximum atomic E-state index is 13.3. The molecule has 152 valence electrons. The number of aryl methyl sites for hydroxylation is 1. The molecule has 0 radical (unpaired) electrons. The molecule has 4 rings (SSSR count). The molecule has 0 bridgehead atoms. The molecule has 7 heteroatoms. The van der Waals surface area contributed by atoms with Crippen LogP contribution in [0, 0.1) is 5.82 Å². The maximum Gasteiger partial charge on any atom is 0.253 e. The molecule has 2 amide bonds. The second-order valence-electron chi connectivity index (χ2n) is 7.14. The SMILES string of the molecule is CCc1cc(-c2cccc(NC(=O)C3=CNC(=O)C[C@H]3c3ccc(F)cc3)c2)n[nH]1. The van der Waals surface area contributed by atoms with Gasteiger partial charge in [0.15, 0.2) is 0 Å². The van der Waals surface area contributed by atoms with Gasteiger partial charge in [0.1, 0.15) is 5.82 Å². The largest absolute Gasteiger partial charge is 0.332 e. The van der Waals surface area contributed by atoms with Crippen LogP contribution in [-0.4, -0.2) is 22.0 Å². The van der Waals surface area contributed by atoms with Crippen LogP contribution in [0.4, 0.5) is 10.1 Å². The zero-order valence-electron chi connectivity index (χ0n) is 16.4. The fourth-order valence-electron chi connectivity index (χ4n) is 3.48. The van der Waals surface area contributed by atoms with Gasteiger partial charge in [0, 0.05) is 41.1 Å². The molecule has 1 aliphatic heterocycles. The molecule has 2 aromatic carbocycles. The van der Waals surface area contributed by atoms with Gasteiger partial charge in [0.05, 0.1) is 5.69 Å². The van der Waals surface area contributed by atoms with Crippen molar-refractivity contribution in [3.8, 4) is 11.3 Å². The lowest BCUT2D eigenvalue weighted by molar-refractivity contribution is -0.121. The second-order valence-corrected chi connectivity index (χ2v) is 7.14. The fourth-order valence-corrected chi connectivity index (χ4v) is 3.48. The maximum absolute atomic E-state index is 13.3. The number of hydrogen-bond donors (Lipinski definition) is 3. The van der Waals surface area contributed by atoms with E-state index in [1.54, 1.807) is 18.2 Å². The number of carbonyl (C=O) groups is 2. The zero-order valence-corrected chi connectivity index (χ0v) is 16.4. The lowest BCUT2D eigenvalue weighted by Crippen LogP contribution is -2.31. The van der Waals surface area contributed by atoms with Crippen molar-refractivity contribution in [3.05, 3.63) is 83.4 Å². The van der Waals surface area contributed by atoms with Crippen molar-refractivity contribution in [3.63, 3.8) is 0 Å². The van der Waals surface area contributed by atoms with Crippen LogP contribution in [0.25, 0.3) is 11.3 Å². The Morgan fingerprint density at radius 2 is 2.00 bits per heavy atom. The van der Waals surface area contributed by atoms with E-state index in [-0.39, 0.29) is 24.1 Å². The molecule has 0 spiro atoms. The van der Waals surface area contributed by atoms with Crippen molar-refractivity contribution in [1.82, 2.24) is 15.5 Å². The van der Waals surface area contributed by atoms with Crippen molar-refractivity contribution < 1.29 is 14.0 Å². The van der Waals surface area contributed by atoms with Crippen molar-refractivity contribution in [2.24, 2.45) is 0 Å².